The number of para-hydroxylation sites is 1. The van der Waals surface area contributed by atoms with Gasteiger partial charge in [0.25, 0.3) is 0 Å². The van der Waals surface area contributed by atoms with Gasteiger partial charge in [0.05, 0.1) is 12.1 Å². The van der Waals surface area contributed by atoms with Crippen molar-refractivity contribution in [2.45, 2.75) is 19.5 Å². The van der Waals surface area contributed by atoms with E-state index < -0.39 is 0 Å². The van der Waals surface area contributed by atoms with Crippen LogP contribution >= 0.6 is 0 Å². The summed E-state index contributed by atoms with van der Waals surface area (Å²) >= 11 is 0. The zero-order valence-electron chi connectivity index (χ0n) is 13.8. The molecule has 9 heteroatoms. The second-order valence-electron chi connectivity index (χ2n) is 5.43. The van der Waals surface area contributed by atoms with Crippen LogP contribution in [0.3, 0.4) is 0 Å². The number of fused-ring (bicyclic) bond motifs is 1. The van der Waals surface area contributed by atoms with Crippen LogP contribution in [0.25, 0.3) is 11.0 Å². The Kier molecular flexibility index (Phi) is 4.84. The molecule has 128 valence electrons. The molecule has 25 heavy (non-hydrogen) atoms. The first kappa shape index (κ1) is 16.4. The van der Waals surface area contributed by atoms with Crippen LogP contribution in [0.4, 0.5) is 0 Å². The standard InChI is InChI=1S/C16H19N9/c1-12(9-24-11-18-10-19-24)20-13(2)21-16(7-8-17)25-15-6-4-3-5-14(15)22-23-25/h3-8,10-12,20H,2,9,17H2,1H3/b8-7-,21-16?/t12-/m0/s1. The largest absolute Gasteiger partial charge is 0.404 e. The number of allylic oxidation sites excluding steroid dienone is 1. The van der Waals surface area contributed by atoms with Gasteiger partial charge in [-0.15, -0.1) is 5.10 Å². The summed E-state index contributed by atoms with van der Waals surface area (Å²) in [7, 11) is 0. The van der Waals surface area contributed by atoms with E-state index in [0.717, 1.165) is 11.0 Å². The molecule has 2 aromatic heterocycles. The van der Waals surface area contributed by atoms with Crippen molar-refractivity contribution in [3.05, 3.63) is 61.6 Å². The van der Waals surface area contributed by atoms with Gasteiger partial charge in [0, 0.05) is 6.04 Å². The van der Waals surface area contributed by atoms with Crippen molar-refractivity contribution in [3.63, 3.8) is 0 Å². The molecule has 3 rings (SSSR count). The summed E-state index contributed by atoms with van der Waals surface area (Å²) in [6.07, 6.45) is 6.21. The van der Waals surface area contributed by atoms with Gasteiger partial charge in [-0.2, -0.15) is 9.78 Å². The molecule has 3 N–H and O–H groups in total. The molecule has 0 saturated carbocycles. The molecule has 0 aliphatic heterocycles. The maximum absolute atomic E-state index is 5.56. The third-order valence-electron chi connectivity index (χ3n) is 3.40. The Hall–Kier alpha value is -3.49. The van der Waals surface area contributed by atoms with Crippen LogP contribution in [-0.2, 0) is 6.54 Å². The highest BCUT2D eigenvalue weighted by atomic mass is 15.4. The third-order valence-corrected chi connectivity index (χ3v) is 3.40. The van der Waals surface area contributed by atoms with Crippen LogP contribution in [0, 0.1) is 0 Å². The van der Waals surface area contributed by atoms with E-state index in [-0.39, 0.29) is 6.04 Å². The number of aliphatic imine (C=N–C) groups is 1. The number of nitrogens with two attached hydrogens (primary N) is 1. The van der Waals surface area contributed by atoms with Gasteiger partial charge in [-0.3, -0.25) is 4.68 Å². The van der Waals surface area contributed by atoms with Crippen LogP contribution in [-0.4, -0.2) is 41.6 Å². The highest BCUT2D eigenvalue weighted by Gasteiger charge is 2.09. The van der Waals surface area contributed by atoms with Crippen molar-refractivity contribution in [2.24, 2.45) is 10.7 Å². The lowest BCUT2D eigenvalue weighted by atomic mass is 10.3. The smallest absolute Gasteiger partial charge is 0.159 e. The highest BCUT2D eigenvalue weighted by Crippen LogP contribution is 2.10. The van der Waals surface area contributed by atoms with Crippen molar-refractivity contribution in [1.82, 2.24) is 35.1 Å². The molecule has 0 spiro atoms. The summed E-state index contributed by atoms with van der Waals surface area (Å²) in [6, 6.07) is 7.69. The lowest BCUT2D eigenvalue weighted by molar-refractivity contribution is 0.482. The Morgan fingerprint density at radius 1 is 1.44 bits per heavy atom. The van der Waals surface area contributed by atoms with E-state index in [9.17, 15) is 0 Å². The lowest BCUT2D eigenvalue weighted by Crippen LogP contribution is -2.30. The van der Waals surface area contributed by atoms with Crippen LogP contribution in [0.15, 0.2) is 66.6 Å². The molecule has 3 aromatic rings. The molecule has 0 radical (unpaired) electrons. The first-order chi connectivity index (χ1) is 12.2. The normalized spacial score (nSPS) is 13.4. The zero-order valence-corrected chi connectivity index (χ0v) is 13.8. The number of hydrogen-bond donors (Lipinski definition) is 2. The number of benzene rings is 1. The second-order valence-corrected chi connectivity index (χ2v) is 5.43. The van der Waals surface area contributed by atoms with Crippen molar-refractivity contribution in [1.29, 1.82) is 0 Å². The minimum Gasteiger partial charge on any atom is -0.404 e. The highest BCUT2D eigenvalue weighted by molar-refractivity contribution is 5.99. The van der Waals surface area contributed by atoms with E-state index in [0.29, 0.717) is 18.2 Å². The average Bonchev–Trinajstić information content (AvgIpc) is 3.23. The van der Waals surface area contributed by atoms with Gasteiger partial charge in [0.1, 0.15) is 24.0 Å². The van der Waals surface area contributed by atoms with Crippen molar-refractivity contribution >= 4 is 16.9 Å². The molecule has 0 amide bonds. The Balaban J connectivity index is 1.78. The van der Waals surface area contributed by atoms with Gasteiger partial charge in [0.2, 0.25) is 0 Å². The van der Waals surface area contributed by atoms with E-state index in [1.165, 1.54) is 12.5 Å². The molecule has 0 fully saturated rings. The fraction of sp³-hybridized carbons (Fsp3) is 0.188. The number of aromatic nitrogens is 6. The Morgan fingerprint density at radius 2 is 2.28 bits per heavy atom. The fourth-order valence-electron chi connectivity index (χ4n) is 2.39. The summed E-state index contributed by atoms with van der Waals surface area (Å²) < 4.78 is 3.36. The van der Waals surface area contributed by atoms with E-state index in [1.54, 1.807) is 21.8 Å². The fourth-order valence-corrected chi connectivity index (χ4v) is 2.39. The molecular formula is C16H19N9. The molecule has 0 aliphatic rings. The molecule has 1 aromatic carbocycles. The number of nitrogens with zero attached hydrogens (tertiary/aromatic N) is 7. The van der Waals surface area contributed by atoms with Gasteiger partial charge in [-0.25, -0.2) is 9.98 Å². The average molecular weight is 337 g/mol. The SMILES string of the molecule is C=C(N=C(/C=C\N)n1nnc2ccccc21)N[C@@H](C)Cn1cncn1. The van der Waals surface area contributed by atoms with E-state index >= 15 is 0 Å². The summed E-state index contributed by atoms with van der Waals surface area (Å²) in [5, 5.41) is 15.6. The molecule has 1 atom stereocenters. The quantitative estimate of drug-likeness (QED) is 0.510. The maximum Gasteiger partial charge on any atom is 0.159 e. The van der Waals surface area contributed by atoms with Crippen LogP contribution in [0.5, 0.6) is 0 Å². The predicted octanol–water partition coefficient (Wildman–Crippen LogP) is 0.891. The summed E-state index contributed by atoms with van der Waals surface area (Å²) in [5.41, 5.74) is 7.17. The predicted molar refractivity (Wildman–Crippen MR) is 95.4 cm³/mol. The summed E-state index contributed by atoms with van der Waals surface area (Å²) in [5.74, 6) is 1.00. The topological polar surface area (TPSA) is 112 Å². The summed E-state index contributed by atoms with van der Waals surface area (Å²) in [4.78, 5) is 8.41. The first-order valence-electron chi connectivity index (χ1n) is 7.73. The van der Waals surface area contributed by atoms with Crippen LogP contribution in [0.1, 0.15) is 6.92 Å². The molecule has 0 unspecified atom stereocenters. The third kappa shape index (κ3) is 3.89. The molecule has 0 aliphatic carbocycles. The molecule has 0 saturated heterocycles. The van der Waals surface area contributed by atoms with Gasteiger partial charge in [-0.05, 0) is 31.3 Å². The van der Waals surface area contributed by atoms with Crippen molar-refractivity contribution in [3.8, 4) is 0 Å². The number of nitrogens with one attached hydrogen (secondary N) is 1. The number of hydrogen-bond acceptors (Lipinski definition) is 7. The van der Waals surface area contributed by atoms with E-state index in [2.05, 4.69) is 37.3 Å². The Labute approximate surface area is 144 Å². The minimum atomic E-state index is 0.0635. The van der Waals surface area contributed by atoms with Crippen molar-refractivity contribution < 1.29 is 0 Å². The molecular weight excluding hydrogens is 318 g/mol. The van der Waals surface area contributed by atoms with E-state index in [1.807, 2.05) is 31.2 Å². The zero-order chi connectivity index (χ0) is 17.6. The monoisotopic (exact) mass is 337 g/mol. The van der Waals surface area contributed by atoms with Gasteiger partial charge in [0.15, 0.2) is 5.84 Å². The Morgan fingerprint density at radius 3 is 3.04 bits per heavy atom. The van der Waals surface area contributed by atoms with Crippen LogP contribution in [0.2, 0.25) is 0 Å². The lowest BCUT2D eigenvalue weighted by Gasteiger charge is -2.15. The van der Waals surface area contributed by atoms with Gasteiger partial charge < -0.3 is 11.1 Å². The molecule has 0 bridgehead atoms. The van der Waals surface area contributed by atoms with E-state index in [4.69, 9.17) is 5.73 Å². The first-order valence-corrected chi connectivity index (χ1v) is 7.73. The molecule has 9 nitrogen and oxygen atoms in total. The second kappa shape index (κ2) is 7.39. The maximum atomic E-state index is 5.56. The molecule has 2 heterocycles. The van der Waals surface area contributed by atoms with Gasteiger partial charge >= 0.3 is 0 Å². The minimum absolute atomic E-state index is 0.0635. The van der Waals surface area contributed by atoms with Crippen molar-refractivity contribution in [2.75, 3.05) is 0 Å². The van der Waals surface area contributed by atoms with Gasteiger partial charge in [-0.1, -0.05) is 23.9 Å². The Bertz CT molecular complexity index is 905. The van der Waals surface area contributed by atoms with Crippen LogP contribution < -0.4 is 11.1 Å². The number of rotatable bonds is 6. The summed E-state index contributed by atoms with van der Waals surface area (Å²) in [6.45, 7) is 6.60.